The van der Waals surface area contributed by atoms with Crippen molar-refractivity contribution in [1.82, 2.24) is 14.9 Å². The monoisotopic (exact) mass is 542 g/mol. The first-order valence-corrected chi connectivity index (χ1v) is 12.1. The van der Waals surface area contributed by atoms with Crippen molar-refractivity contribution in [3.05, 3.63) is 35.9 Å². The van der Waals surface area contributed by atoms with E-state index in [0.29, 0.717) is 51.9 Å². The van der Waals surface area contributed by atoms with Crippen LogP contribution in [0.5, 0.6) is 0 Å². The molecule has 1 aliphatic heterocycles. The SMILES string of the molecule is CCNC(=NCCOCc1ccccc1)NCCS(=O)(=O)N1CCSCC1.I. The maximum atomic E-state index is 12.4. The molecule has 1 aromatic rings. The Labute approximate surface area is 190 Å². The lowest BCUT2D eigenvalue weighted by atomic mass is 10.2. The van der Waals surface area contributed by atoms with E-state index in [1.807, 2.05) is 37.3 Å². The van der Waals surface area contributed by atoms with Crippen molar-refractivity contribution in [2.75, 3.05) is 56.6 Å². The molecule has 10 heteroatoms. The highest BCUT2D eigenvalue weighted by Gasteiger charge is 2.23. The number of benzene rings is 1. The Morgan fingerprint density at radius 2 is 1.93 bits per heavy atom. The van der Waals surface area contributed by atoms with E-state index in [2.05, 4.69) is 15.6 Å². The molecule has 28 heavy (non-hydrogen) atoms. The fourth-order valence-electron chi connectivity index (χ4n) is 2.58. The van der Waals surface area contributed by atoms with E-state index >= 15 is 0 Å². The van der Waals surface area contributed by atoms with E-state index in [1.165, 1.54) is 0 Å². The summed E-state index contributed by atoms with van der Waals surface area (Å²) in [4.78, 5) is 4.43. The van der Waals surface area contributed by atoms with Gasteiger partial charge in [-0.1, -0.05) is 30.3 Å². The van der Waals surface area contributed by atoms with Crippen molar-refractivity contribution in [3.8, 4) is 0 Å². The number of nitrogens with one attached hydrogen (secondary N) is 2. The van der Waals surface area contributed by atoms with E-state index in [9.17, 15) is 8.42 Å². The van der Waals surface area contributed by atoms with Crippen molar-refractivity contribution in [3.63, 3.8) is 0 Å². The van der Waals surface area contributed by atoms with Crippen LogP contribution in [-0.4, -0.2) is 75.3 Å². The van der Waals surface area contributed by atoms with Crippen LogP contribution < -0.4 is 10.6 Å². The van der Waals surface area contributed by atoms with Crippen LogP contribution in [0.15, 0.2) is 35.3 Å². The Bertz CT molecular complexity index is 669. The number of rotatable bonds is 10. The van der Waals surface area contributed by atoms with Gasteiger partial charge in [-0.15, -0.1) is 24.0 Å². The van der Waals surface area contributed by atoms with Gasteiger partial charge in [-0.2, -0.15) is 11.8 Å². The van der Waals surface area contributed by atoms with Gasteiger partial charge < -0.3 is 15.4 Å². The minimum atomic E-state index is -3.20. The molecule has 0 unspecified atom stereocenters. The van der Waals surface area contributed by atoms with Gasteiger partial charge in [0.15, 0.2) is 5.96 Å². The van der Waals surface area contributed by atoms with Gasteiger partial charge in [0.25, 0.3) is 0 Å². The van der Waals surface area contributed by atoms with E-state index in [0.717, 1.165) is 17.1 Å². The van der Waals surface area contributed by atoms with Gasteiger partial charge in [-0.05, 0) is 12.5 Å². The first kappa shape index (κ1) is 25.5. The van der Waals surface area contributed by atoms with Crippen LogP contribution in [0, 0.1) is 0 Å². The van der Waals surface area contributed by atoms with Crippen molar-refractivity contribution >= 4 is 51.7 Å². The summed E-state index contributed by atoms with van der Waals surface area (Å²) in [7, 11) is -3.20. The molecule has 0 aliphatic carbocycles. The maximum absolute atomic E-state index is 12.4. The summed E-state index contributed by atoms with van der Waals surface area (Å²) in [6, 6.07) is 10.0. The summed E-state index contributed by atoms with van der Waals surface area (Å²) in [6.07, 6.45) is 0. The van der Waals surface area contributed by atoms with Crippen molar-refractivity contribution < 1.29 is 13.2 Å². The van der Waals surface area contributed by atoms with E-state index in [4.69, 9.17) is 4.74 Å². The van der Waals surface area contributed by atoms with Gasteiger partial charge in [0, 0.05) is 37.7 Å². The Hall–Kier alpha value is -0.560. The molecular weight excluding hydrogens is 511 g/mol. The van der Waals surface area contributed by atoms with Gasteiger partial charge >= 0.3 is 0 Å². The van der Waals surface area contributed by atoms with Crippen LogP contribution in [0.2, 0.25) is 0 Å². The van der Waals surface area contributed by atoms with E-state index in [-0.39, 0.29) is 29.7 Å². The Morgan fingerprint density at radius 3 is 2.61 bits per heavy atom. The topological polar surface area (TPSA) is 83.0 Å². The lowest BCUT2D eigenvalue weighted by Crippen LogP contribution is -2.44. The number of ether oxygens (including phenoxy) is 1. The number of sulfonamides is 1. The van der Waals surface area contributed by atoms with Crippen molar-refractivity contribution in [2.24, 2.45) is 4.99 Å². The molecule has 2 rings (SSSR count). The molecule has 0 atom stereocenters. The third kappa shape index (κ3) is 9.77. The molecule has 160 valence electrons. The largest absolute Gasteiger partial charge is 0.375 e. The number of hydrogen-bond donors (Lipinski definition) is 2. The maximum Gasteiger partial charge on any atom is 0.215 e. The second kappa shape index (κ2) is 14.4. The number of hydrogen-bond acceptors (Lipinski definition) is 5. The van der Waals surface area contributed by atoms with Gasteiger partial charge in [0.05, 0.1) is 25.5 Å². The standard InChI is InChI=1S/C18H30N4O3S2.HI/c1-2-19-18(20-8-12-25-16-17-6-4-3-5-7-17)21-9-15-27(23,24)22-10-13-26-14-11-22;/h3-7H,2,8-16H2,1H3,(H2,19,20,21);1H. The summed E-state index contributed by atoms with van der Waals surface area (Å²) in [5.41, 5.74) is 1.13. The molecule has 0 amide bonds. The fourth-order valence-corrected chi connectivity index (χ4v) is 5.07. The molecular formula is C18H31IN4O3S2. The quantitative estimate of drug-likeness (QED) is 0.203. The number of aliphatic imine (C=N–C) groups is 1. The molecule has 0 saturated carbocycles. The summed E-state index contributed by atoms with van der Waals surface area (Å²) in [5.74, 6) is 2.44. The number of nitrogens with zero attached hydrogens (tertiary/aromatic N) is 2. The Kier molecular flexibility index (Phi) is 13.1. The summed E-state index contributed by atoms with van der Waals surface area (Å²) in [6.45, 7) is 5.83. The zero-order valence-corrected chi connectivity index (χ0v) is 20.3. The minimum absolute atomic E-state index is 0. The zero-order valence-electron chi connectivity index (χ0n) is 16.3. The van der Waals surface area contributed by atoms with E-state index in [1.54, 1.807) is 16.1 Å². The molecule has 0 bridgehead atoms. The zero-order chi connectivity index (χ0) is 19.4. The lowest BCUT2D eigenvalue weighted by molar-refractivity contribution is 0.128. The Morgan fingerprint density at radius 1 is 1.21 bits per heavy atom. The van der Waals surface area contributed by atoms with Crippen molar-refractivity contribution in [1.29, 1.82) is 0 Å². The van der Waals surface area contributed by atoms with Gasteiger partial charge in [-0.25, -0.2) is 12.7 Å². The van der Waals surface area contributed by atoms with E-state index < -0.39 is 10.0 Å². The number of halogens is 1. The molecule has 1 heterocycles. The molecule has 1 fully saturated rings. The molecule has 7 nitrogen and oxygen atoms in total. The van der Waals surface area contributed by atoms with Gasteiger partial charge in [0.2, 0.25) is 10.0 Å². The first-order valence-electron chi connectivity index (χ1n) is 9.31. The van der Waals surface area contributed by atoms with Crippen LogP contribution >= 0.6 is 35.7 Å². The molecule has 0 radical (unpaired) electrons. The van der Waals surface area contributed by atoms with Gasteiger partial charge in [0.1, 0.15) is 0 Å². The lowest BCUT2D eigenvalue weighted by Gasteiger charge is -2.25. The van der Waals surface area contributed by atoms with Crippen LogP contribution in [0.1, 0.15) is 12.5 Å². The van der Waals surface area contributed by atoms with Crippen LogP contribution in [0.25, 0.3) is 0 Å². The third-order valence-electron chi connectivity index (χ3n) is 3.98. The third-order valence-corrected chi connectivity index (χ3v) is 6.79. The molecule has 0 aromatic heterocycles. The average Bonchev–Trinajstić information content (AvgIpc) is 2.69. The number of thioether (sulfide) groups is 1. The molecule has 0 spiro atoms. The molecule has 2 N–H and O–H groups in total. The van der Waals surface area contributed by atoms with Gasteiger partial charge in [-0.3, -0.25) is 4.99 Å². The smallest absolute Gasteiger partial charge is 0.215 e. The van der Waals surface area contributed by atoms with Crippen LogP contribution in [0.3, 0.4) is 0 Å². The fraction of sp³-hybridized carbons (Fsp3) is 0.611. The number of guanidine groups is 1. The highest BCUT2D eigenvalue weighted by Crippen LogP contribution is 2.12. The predicted octanol–water partition coefficient (Wildman–Crippen LogP) is 1.75. The van der Waals surface area contributed by atoms with Crippen molar-refractivity contribution in [2.45, 2.75) is 13.5 Å². The summed E-state index contributed by atoms with van der Waals surface area (Å²) >= 11 is 1.80. The molecule has 1 saturated heterocycles. The highest BCUT2D eigenvalue weighted by molar-refractivity contribution is 14.0. The molecule has 1 aromatic carbocycles. The minimum Gasteiger partial charge on any atom is -0.375 e. The Balaban J connectivity index is 0.00000392. The highest BCUT2D eigenvalue weighted by atomic mass is 127. The summed E-state index contributed by atoms with van der Waals surface area (Å²) in [5, 5.41) is 6.23. The second-order valence-corrected chi connectivity index (χ2v) is 9.37. The second-order valence-electron chi connectivity index (χ2n) is 6.05. The van der Waals surface area contributed by atoms with Crippen LogP contribution in [0.4, 0.5) is 0 Å². The summed E-state index contributed by atoms with van der Waals surface area (Å²) < 4.78 is 31.9. The molecule has 1 aliphatic rings. The predicted molar refractivity (Wildman–Crippen MR) is 128 cm³/mol. The first-order chi connectivity index (χ1) is 13.1. The van der Waals surface area contributed by atoms with Crippen LogP contribution in [-0.2, 0) is 21.4 Å². The average molecular weight is 543 g/mol. The normalized spacial score (nSPS) is 15.7.